The van der Waals surface area contributed by atoms with Gasteiger partial charge in [-0.2, -0.15) is 0 Å². The van der Waals surface area contributed by atoms with Crippen molar-refractivity contribution >= 4 is 5.97 Å². The monoisotopic (exact) mass is 297 g/mol. The van der Waals surface area contributed by atoms with Gasteiger partial charge in [-0.25, -0.2) is 0 Å². The van der Waals surface area contributed by atoms with Crippen LogP contribution in [0.25, 0.3) is 0 Å². The van der Waals surface area contributed by atoms with Crippen molar-refractivity contribution in [2.24, 2.45) is 0 Å². The van der Waals surface area contributed by atoms with Gasteiger partial charge in [-0.15, -0.1) is 0 Å². The molecule has 0 saturated carbocycles. The number of hydrogen-bond donors (Lipinski definition) is 2. The maximum Gasteiger partial charge on any atom is 0.300 e. The topological polar surface area (TPSA) is 77.0 Å². The molecule has 21 heavy (non-hydrogen) atoms. The number of hydrogen-bond acceptors (Lipinski definition) is 5. The van der Waals surface area contributed by atoms with Crippen LogP contribution in [-0.2, 0) is 9.53 Å². The van der Waals surface area contributed by atoms with Crippen LogP contribution in [0, 0.1) is 0 Å². The maximum atomic E-state index is 9.00. The van der Waals surface area contributed by atoms with Crippen molar-refractivity contribution in [3.63, 3.8) is 0 Å². The smallest absolute Gasteiger partial charge is 0.300 e. The number of carbonyl (C=O) groups is 1. The molecule has 1 aliphatic rings. The number of aliphatic carboxylic acids is 1. The molecule has 0 spiro atoms. The fourth-order valence-electron chi connectivity index (χ4n) is 1.75. The molecule has 1 unspecified atom stereocenters. The first kappa shape index (κ1) is 17.3. The quantitative estimate of drug-likeness (QED) is 0.858. The fourth-order valence-corrected chi connectivity index (χ4v) is 1.75. The summed E-state index contributed by atoms with van der Waals surface area (Å²) in [6.45, 7) is 6.76. The van der Waals surface area contributed by atoms with Gasteiger partial charge in [0.1, 0.15) is 12.7 Å². The number of ether oxygens (including phenoxy) is 3. The number of carboxylic acid groups (broad SMARTS) is 1. The summed E-state index contributed by atoms with van der Waals surface area (Å²) in [7, 11) is 0. The molecule has 0 amide bonds. The Balaban J connectivity index is 0.000000491. The predicted octanol–water partition coefficient (Wildman–Crippen LogP) is 1.54. The molecule has 1 aromatic rings. The molecule has 1 fully saturated rings. The van der Waals surface area contributed by atoms with E-state index in [0.29, 0.717) is 13.2 Å². The third kappa shape index (κ3) is 7.53. The van der Waals surface area contributed by atoms with Gasteiger partial charge in [-0.3, -0.25) is 4.79 Å². The number of nitrogens with one attached hydrogen (secondary N) is 1. The number of para-hydroxylation sites is 2. The van der Waals surface area contributed by atoms with E-state index in [4.69, 9.17) is 24.1 Å². The Kier molecular flexibility index (Phi) is 8.23. The molecule has 0 radical (unpaired) electrons. The molecular weight excluding hydrogens is 274 g/mol. The van der Waals surface area contributed by atoms with Crippen LogP contribution in [0.15, 0.2) is 24.3 Å². The second kappa shape index (κ2) is 10.0. The van der Waals surface area contributed by atoms with E-state index in [2.05, 4.69) is 5.32 Å². The molecule has 6 heteroatoms. The van der Waals surface area contributed by atoms with Crippen LogP contribution < -0.4 is 14.8 Å². The van der Waals surface area contributed by atoms with Gasteiger partial charge in [-0.1, -0.05) is 12.1 Å². The summed E-state index contributed by atoms with van der Waals surface area (Å²) >= 11 is 0. The summed E-state index contributed by atoms with van der Waals surface area (Å²) in [6, 6.07) is 7.72. The third-order valence-corrected chi connectivity index (χ3v) is 2.58. The zero-order valence-electron chi connectivity index (χ0n) is 12.5. The van der Waals surface area contributed by atoms with E-state index in [0.717, 1.165) is 38.1 Å². The Bertz CT molecular complexity index is 414. The van der Waals surface area contributed by atoms with E-state index in [9.17, 15) is 0 Å². The zero-order valence-corrected chi connectivity index (χ0v) is 12.5. The summed E-state index contributed by atoms with van der Waals surface area (Å²) in [4.78, 5) is 9.00. The third-order valence-electron chi connectivity index (χ3n) is 2.58. The minimum absolute atomic E-state index is 0.124. The van der Waals surface area contributed by atoms with E-state index in [1.54, 1.807) is 0 Å². The van der Waals surface area contributed by atoms with Gasteiger partial charge < -0.3 is 24.6 Å². The van der Waals surface area contributed by atoms with Crippen LogP contribution in [0.4, 0.5) is 0 Å². The normalized spacial score (nSPS) is 17.3. The highest BCUT2D eigenvalue weighted by Crippen LogP contribution is 2.26. The van der Waals surface area contributed by atoms with E-state index in [1.165, 1.54) is 0 Å². The molecule has 0 bridgehead atoms. The molecule has 1 saturated heterocycles. The number of rotatable bonds is 5. The molecule has 0 aromatic heterocycles. The van der Waals surface area contributed by atoms with Crippen molar-refractivity contribution in [3.05, 3.63) is 24.3 Å². The lowest BCUT2D eigenvalue weighted by molar-refractivity contribution is -0.134. The van der Waals surface area contributed by atoms with E-state index in [-0.39, 0.29) is 6.10 Å². The van der Waals surface area contributed by atoms with Crippen molar-refractivity contribution in [2.45, 2.75) is 20.0 Å². The molecule has 1 heterocycles. The molecule has 118 valence electrons. The molecule has 1 aromatic carbocycles. The van der Waals surface area contributed by atoms with Crippen molar-refractivity contribution in [2.75, 3.05) is 32.9 Å². The average molecular weight is 297 g/mol. The van der Waals surface area contributed by atoms with Crippen molar-refractivity contribution in [1.82, 2.24) is 5.32 Å². The standard InChI is InChI=1S/C13H19NO3.C2H4O2/c1-2-15-12-5-3-4-6-13(12)17-10-11-9-14-7-8-16-11;1-2(3)4/h3-6,11,14H,2,7-10H2,1H3;1H3,(H,3,4). The first-order valence-electron chi connectivity index (χ1n) is 7.00. The molecule has 0 aliphatic carbocycles. The van der Waals surface area contributed by atoms with Crippen LogP contribution in [0.5, 0.6) is 11.5 Å². The van der Waals surface area contributed by atoms with Crippen LogP contribution >= 0.6 is 0 Å². The second-order valence-electron chi connectivity index (χ2n) is 4.41. The van der Waals surface area contributed by atoms with Gasteiger partial charge in [0.15, 0.2) is 11.5 Å². The summed E-state index contributed by atoms with van der Waals surface area (Å²) in [5, 5.41) is 10.7. The van der Waals surface area contributed by atoms with Gasteiger partial charge in [0.05, 0.1) is 13.2 Å². The first-order valence-corrected chi connectivity index (χ1v) is 7.00. The van der Waals surface area contributed by atoms with Crippen LogP contribution in [0.2, 0.25) is 0 Å². The van der Waals surface area contributed by atoms with E-state index >= 15 is 0 Å². The molecule has 2 N–H and O–H groups in total. The maximum absolute atomic E-state index is 9.00. The molecule has 1 atom stereocenters. The Morgan fingerprint density at radius 3 is 2.52 bits per heavy atom. The predicted molar refractivity (Wildman–Crippen MR) is 79.0 cm³/mol. The molecular formula is C15H23NO5. The van der Waals surface area contributed by atoms with Crippen LogP contribution in [0.3, 0.4) is 0 Å². The fraction of sp³-hybridized carbons (Fsp3) is 0.533. The summed E-state index contributed by atoms with van der Waals surface area (Å²) in [6.07, 6.45) is 0.124. The van der Waals surface area contributed by atoms with E-state index in [1.807, 2.05) is 31.2 Å². The van der Waals surface area contributed by atoms with Crippen molar-refractivity contribution in [3.8, 4) is 11.5 Å². The number of carboxylic acids is 1. The van der Waals surface area contributed by atoms with E-state index < -0.39 is 5.97 Å². The lowest BCUT2D eigenvalue weighted by Crippen LogP contribution is -2.41. The highest BCUT2D eigenvalue weighted by molar-refractivity contribution is 5.62. The lowest BCUT2D eigenvalue weighted by atomic mass is 10.3. The van der Waals surface area contributed by atoms with Gasteiger partial charge in [0.2, 0.25) is 0 Å². The second-order valence-corrected chi connectivity index (χ2v) is 4.41. The minimum atomic E-state index is -0.833. The van der Waals surface area contributed by atoms with Crippen LogP contribution in [0.1, 0.15) is 13.8 Å². The molecule has 1 aliphatic heterocycles. The number of benzene rings is 1. The van der Waals surface area contributed by atoms with Gasteiger partial charge >= 0.3 is 0 Å². The van der Waals surface area contributed by atoms with Crippen LogP contribution in [-0.4, -0.2) is 50.1 Å². The Hall–Kier alpha value is -1.79. The Morgan fingerprint density at radius 2 is 2.00 bits per heavy atom. The van der Waals surface area contributed by atoms with Crippen molar-refractivity contribution in [1.29, 1.82) is 0 Å². The highest BCUT2D eigenvalue weighted by Gasteiger charge is 2.14. The van der Waals surface area contributed by atoms with Gasteiger partial charge in [0, 0.05) is 20.0 Å². The van der Waals surface area contributed by atoms with Gasteiger partial charge in [-0.05, 0) is 19.1 Å². The average Bonchev–Trinajstić information content (AvgIpc) is 2.47. The number of morpholine rings is 1. The minimum Gasteiger partial charge on any atom is -0.490 e. The summed E-state index contributed by atoms with van der Waals surface area (Å²) in [5.41, 5.74) is 0. The summed E-state index contributed by atoms with van der Waals surface area (Å²) in [5.74, 6) is 0.738. The largest absolute Gasteiger partial charge is 0.490 e. The molecule has 2 rings (SSSR count). The summed E-state index contributed by atoms with van der Waals surface area (Å²) < 4.78 is 16.8. The first-order chi connectivity index (χ1) is 10.1. The highest BCUT2D eigenvalue weighted by atomic mass is 16.5. The Labute approximate surface area is 125 Å². The zero-order chi connectivity index (χ0) is 15.5. The van der Waals surface area contributed by atoms with Gasteiger partial charge in [0.25, 0.3) is 5.97 Å². The Morgan fingerprint density at radius 1 is 1.38 bits per heavy atom. The lowest BCUT2D eigenvalue weighted by Gasteiger charge is -2.24. The SMILES string of the molecule is CC(=O)O.CCOc1ccccc1OCC1CNCCO1. The molecule has 6 nitrogen and oxygen atoms in total. The van der Waals surface area contributed by atoms with Crippen molar-refractivity contribution < 1.29 is 24.1 Å².